The Morgan fingerprint density at radius 3 is 2.59 bits per heavy atom. The molecule has 1 atom stereocenters. The van der Waals surface area contributed by atoms with Gasteiger partial charge in [0.25, 0.3) is 0 Å². The van der Waals surface area contributed by atoms with E-state index in [0.29, 0.717) is 0 Å². The molecule has 1 unspecified atom stereocenters. The van der Waals surface area contributed by atoms with Gasteiger partial charge in [-0.25, -0.2) is 0 Å². The van der Waals surface area contributed by atoms with E-state index in [-0.39, 0.29) is 5.54 Å². The Labute approximate surface area is 107 Å². The third kappa shape index (κ3) is 5.84. The van der Waals surface area contributed by atoms with E-state index in [2.05, 4.69) is 37.6 Å². The maximum absolute atomic E-state index is 6.04. The van der Waals surface area contributed by atoms with Crippen LogP contribution in [-0.2, 0) is 0 Å². The summed E-state index contributed by atoms with van der Waals surface area (Å²) < 4.78 is 0. The molecule has 0 amide bonds. The molecule has 0 aromatic rings. The number of nitrogens with zero attached hydrogens (tertiary/aromatic N) is 2. The van der Waals surface area contributed by atoms with Crippen LogP contribution < -0.4 is 5.73 Å². The van der Waals surface area contributed by atoms with Crippen molar-refractivity contribution in [3.05, 3.63) is 0 Å². The average molecular weight is 241 g/mol. The molecule has 0 spiro atoms. The fourth-order valence-corrected chi connectivity index (χ4v) is 2.71. The Morgan fingerprint density at radius 1 is 1.29 bits per heavy atom. The second-order valence-electron chi connectivity index (χ2n) is 6.31. The SMILES string of the molecule is CCC1CN(C)CCCN1CCCC(C)(C)N. The predicted octanol–water partition coefficient (Wildman–Crippen LogP) is 1.92. The zero-order chi connectivity index (χ0) is 12.9. The van der Waals surface area contributed by atoms with Crippen LogP contribution in [0.5, 0.6) is 0 Å². The van der Waals surface area contributed by atoms with Crippen LogP contribution in [0.3, 0.4) is 0 Å². The minimum atomic E-state index is -0.00957. The molecular formula is C14H31N3. The van der Waals surface area contributed by atoms with Gasteiger partial charge >= 0.3 is 0 Å². The number of nitrogens with two attached hydrogens (primary N) is 1. The Morgan fingerprint density at radius 2 is 2.00 bits per heavy atom. The summed E-state index contributed by atoms with van der Waals surface area (Å²) in [7, 11) is 2.25. The molecule has 2 N–H and O–H groups in total. The third-order valence-corrected chi connectivity index (χ3v) is 3.76. The van der Waals surface area contributed by atoms with Gasteiger partial charge in [0.15, 0.2) is 0 Å². The van der Waals surface area contributed by atoms with Gasteiger partial charge in [-0.05, 0) is 66.2 Å². The molecular weight excluding hydrogens is 210 g/mol. The molecule has 0 aliphatic carbocycles. The van der Waals surface area contributed by atoms with E-state index >= 15 is 0 Å². The van der Waals surface area contributed by atoms with Crippen LogP contribution >= 0.6 is 0 Å². The van der Waals surface area contributed by atoms with Crippen LogP contribution in [0.25, 0.3) is 0 Å². The van der Waals surface area contributed by atoms with Gasteiger partial charge in [-0.3, -0.25) is 4.90 Å². The smallest absolute Gasteiger partial charge is 0.0220 e. The Kier molecular flexibility index (Phi) is 5.90. The lowest BCUT2D eigenvalue weighted by Crippen LogP contribution is -2.41. The first-order chi connectivity index (χ1) is 7.92. The molecule has 0 saturated carbocycles. The summed E-state index contributed by atoms with van der Waals surface area (Å²) in [6, 6.07) is 0.739. The van der Waals surface area contributed by atoms with Crippen LogP contribution in [0.15, 0.2) is 0 Å². The zero-order valence-corrected chi connectivity index (χ0v) is 12.2. The van der Waals surface area contributed by atoms with Crippen molar-refractivity contribution in [1.29, 1.82) is 0 Å². The van der Waals surface area contributed by atoms with Crippen LogP contribution in [0.2, 0.25) is 0 Å². The highest BCUT2D eigenvalue weighted by molar-refractivity contribution is 4.79. The van der Waals surface area contributed by atoms with Crippen molar-refractivity contribution >= 4 is 0 Å². The molecule has 1 rings (SSSR count). The Hall–Kier alpha value is -0.120. The first-order valence-corrected chi connectivity index (χ1v) is 7.14. The summed E-state index contributed by atoms with van der Waals surface area (Å²) in [6.45, 7) is 11.5. The summed E-state index contributed by atoms with van der Waals surface area (Å²) >= 11 is 0. The van der Waals surface area contributed by atoms with Crippen LogP contribution in [-0.4, -0.2) is 54.6 Å². The van der Waals surface area contributed by atoms with E-state index in [1.165, 1.54) is 45.4 Å². The Balaban J connectivity index is 2.38. The van der Waals surface area contributed by atoms with Gasteiger partial charge in [0.05, 0.1) is 0 Å². The lowest BCUT2D eigenvalue weighted by Gasteiger charge is -2.31. The average Bonchev–Trinajstić information content (AvgIpc) is 2.38. The van der Waals surface area contributed by atoms with Crippen LogP contribution in [0, 0.1) is 0 Å². The zero-order valence-electron chi connectivity index (χ0n) is 12.2. The van der Waals surface area contributed by atoms with Crippen molar-refractivity contribution < 1.29 is 0 Å². The highest BCUT2D eigenvalue weighted by Crippen LogP contribution is 2.14. The normalized spacial score (nSPS) is 24.9. The van der Waals surface area contributed by atoms with E-state index in [4.69, 9.17) is 5.73 Å². The highest BCUT2D eigenvalue weighted by Gasteiger charge is 2.22. The van der Waals surface area contributed by atoms with Crippen LogP contribution in [0.4, 0.5) is 0 Å². The first-order valence-electron chi connectivity index (χ1n) is 7.14. The molecule has 0 radical (unpaired) electrons. The fourth-order valence-electron chi connectivity index (χ4n) is 2.71. The standard InChI is InChI=1S/C14H31N3/c1-5-13-12-16(4)9-7-11-17(13)10-6-8-14(2,3)15/h13H,5-12,15H2,1-4H3. The predicted molar refractivity (Wildman–Crippen MR) is 75.3 cm³/mol. The lowest BCUT2D eigenvalue weighted by atomic mass is 9.99. The van der Waals surface area contributed by atoms with Crippen molar-refractivity contribution in [2.45, 2.75) is 58.0 Å². The lowest BCUT2D eigenvalue weighted by molar-refractivity contribution is 0.177. The van der Waals surface area contributed by atoms with E-state index in [9.17, 15) is 0 Å². The van der Waals surface area contributed by atoms with Gasteiger partial charge in [-0.15, -0.1) is 0 Å². The number of hydrogen-bond donors (Lipinski definition) is 1. The number of hydrogen-bond acceptors (Lipinski definition) is 3. The first kappa shape index (κ1) is 14.9. The van der Waals surface area contributed by atoms with Crippen molar-refractivity contribution in [2.75, 3.05) is 33.2 Å². The molecule has 1 saturated heterocycles. The molecule has 1 fully saturated rings. The quantitative estimate of drug-likeness (QED) is 0.798. The maximum atomic E-state index is 6.04. The molecule has 0 aromatic heterocycles. The van der Waals surface area contributed by atoms with E-state index in [1.54, 1.807) is 0 Å². The molecule has 1 aliphatic heterocycles. The van der Waals surface area contributed by atoms with Gasteiger partial charge in [0, 0.05) is 18.1 Å². The maximum Gasteiger partial charge on any atom is 0.0220 e. The van der Waals surface area contributed by atoms with E-state index < -0.39 is 0 Å². The van der Waals surface area contributed by atoms with E-state index in [0.717, 1.165) is 12.5 Å². The van der Waals surface area contributed by atoms with Crippen molar-refractivity contribution in [3.8, 4) is 0 Å². The van der Waals surface area contributed by atoms with Crippen LogP contribution in [0.1, 0.15) is 46.5 Å². The minimum absolute atomic E-state index is 0.00957. The van der Waals surface area contributed by atoms with Crippen molar-refractivity contribution in [2.24, 2.45) is 5.73 Å². The summed E-state index contributed by atoms with van der Waals surface area (Å²) in [5.41, 5.74) is 6.03. The monoisotopic (exact) mass is 241 g/mol. The molecule has 3 nitrogen and oxygen atoms in total. The molecule has 3 heteroatoms. The van der Waals surface area contributed by atoms with Gasteiger partial charge in [-0.2, -0.15) is 0 Å². The molecule has 17 heavy (non-hydrogen) atoms. The summed E-state index contributed by atoms with van der Waals surface area (Å²) in [4.78, 5) is 5.15. The topological polar surface area (TPSA) is 32.5 Å². The highest BCUT2D eigenvalue weighted by atomic mass is 15.2. The molecule has 102 valence electrons. The molecule has 0 aromatic carbocycles. The largest absolute Gasteiger partial charge is 0.326 e. The fraction of sp³-hybridized carbons (Fsp3) is 1.00. The second-order valence-corrected chi connectivity index (χ2v) is 6.31. The Bertz CT molecular complexity index is 210. The molecule has 0 bridgehead atoms. The van der Waals surface area contributed by atoms with Crippen molar-refractivity contribution in [1.82, 2.24) is 9.80 Å². The van der Waals surface area contributed by atoms with Gasteiger partial charge in [-0.1, -0.05) is 6.92 Å². The number of likely N-dealkylation sites (N-methyl/N-ethyl adjacent to an activating group) is 1. The molecule has 1 aliphatic rings. The second kappa shape index (κ2) is 6.72. The number of rotatable bonds is 5. The molecule has 1 heterocycles. The van der Waals surface area contributed by atoms with Gasteiger partial charge < -0.3 is 10.6 Å². The summed E-state index contributed by atoms with van der Waals surface area (Å²) in [5.74, 6) is 0. The summed E-state index contributed by atoms with van der Waals surface area (Å²) in [6.07, 6.45) is 4.91. The van der Waals surface area contributed by atoms with Crippen molar-refractivity contribution in [3.63, 3.8) is 0 Å². The third-order valence-electron chi connectivity index (χ3n) is 3.76. The van der Waals surface area contributed by atoms with E-state index in [1.807, 2.05) is 0 Å². The summed E-state index contributed by atoms with van der Waals surface area (Å²) in [5, 5.41) is 0. The van der Waals surface area contributed by atoms with Gasteiger partial charge in [0.2, 0.25) is 0 Å². The van der Waals surface area contributed by atoms with Gasteiger partial charge in [0.1, 0.15) is 0 Å². The minimum Gasteiger partial charge on any atom is -0.326 e.